The molecule has 0 aliphatic carbocycles. The third-order valence-electron chi connectivity index (χ3n) is 3.18. The molecule has 0 fully saturated rings. The molecule has 0 amide bonds. The molecule has 0 aliphatic heterocycles. The molecule has 0 atom stereocenters. The van der Waals surface area contributed by atoms with Crippen LogP contribution in [0, 0.1) is 6.92 Å². The smallest absolute Gasteiger partial charge is 0.188 e. The number of aryl methyl sites for hydroxylation is 1. The Balaban J connectivity index is 1.94. The minimum Gasteiger partial charge on any atom is -0.330 e. The van der Waals surface area contributed by atoms with Gasteiger partial charge in [0.2, 0.25) is 0 Å². The van der Waals surface area contributed by atoms with E-state index in [1.165, 1.54) is 11.3 Å². The normalized spacial score (nSPS) is 10.8. The molecule has 0 radical (unpaired) electrons. The van der Waals surface area contributed by atoms with Gasteiger partial charge in [-0.25, -0.2) is 4.98 Å². The van der Waals surface area contributed by atoms with Gasteiger partial charge in [0.05, 0.1) is 31.5 Å². The molecular weight excluding hydrogens is 394 g/mol. The molecule has 1 heterocycles. The Kier molecular flexibility index (Phi) is 5.04. The number of aromatic nitrogens is 1. The molecule has 2 nitrogen and oxygen atoms in total. The zero-order valence-electron chi connectivity index (χ0n) is 11.8. The summed E-state index contributed by atoms with van der Waals surface area (Å²) in [5.74, 6) is 0. The second-order valence-electron chi connectivity index (χ2n) is 4.78. The molecule has 7 heteroatoms. The fraction of sp³-hybridized carbons (Fsp3) is 0.0625. The Morgan fingerprint density at radius 3 is 2.48 bits per heavy atom. The maximum Gasteiger partial charge on any atom is 0.188 e. The average molecular weight is 404 g/mol. The summed E-state index contributed by atoms with van der Waals surface area (Å²) < 4.78 is 0. The van der Waals surface area contributed by atoms with Crippen LogP contribution in [0.25, 0.3) is 11.3 Å². The quantitative estimate of drug-likeness (QED) is 0.490. The zero-order chi connectivity index (χ0) is 16.6. The molecule has 0 aliphatic rings. The molecule has 3 rings (SSSR count). The summed E-state index contributed by atoms with van der Waals surface area (Å²) in [7, 11) is 0. The van der Waals surface area contributed by atoms with Crippen molar-refractivity contribution in [3.05, 3.63) is 61.4 Å². The standard InChI is InChI=1S/C16H10Cl4N2S/c1-8-15(9-5-6-10(17)12(19)7-9)22-16(23-8)21-13-4-2-3-11(18)14(13)20/h2-7H,1H3,(H,21,22). The summed E-state index contributed by atoms with van der Waals surface area (Å²) in [5.41, 5.74) is 2.49. The van der Waals surface area contributed by atoms with Gasteiger partial charge in [-0.1, -0.05) is 58.5 Å². The van der Waals surface area contributed by atoms with Crippen molar-refractivity contribution in [2.45, 2.75) is 6.92 Å². The largest absolute Gasteiger partial charge is 0.330 e. The molecule has 23 heavy (non-hydrogen) atoms. The maximum absolute atomic E-state index is 6.20. The highest BCUT2D eigenvalue weighted by Gasteiger charge is 2.13. The van der Waals surface area contributed by atoms with Gasteiger partial charge in [0, 0.05) is 10.4 Å². The molecule has 2 aromatic carbocycles. The predicted octanol–water partition coefficient (Wildman–Crippen LogP) is 7.48. The van der Waals surface area contributed by atoms with E-state index in [0.29, 0.717) is 25.8 Å². The van der Waals surface area contributed by atoms with Crippen molar-refractivity contribution in [2.75, 3.05) is 5.32 Å². The Morgan fingerprint density at radius 1 is 0.957 bits per heavy atom. The van der Waals surface area contributed by atoms with Crippen molar-refractivity contribution in [3.63, 3.8) is 0 Å². The second kappa shape index (κ2) is 6.88. The van der Waals surface area contributed by atoms with Crippen molar-refractivity contribution in [1.82, 2.24) is 4.98 Å². The topological polar surface area (TPSA) is 24.9 Å². The van der Waals surface area contributed by atoms with Gasteiger partial charge in [0.15, 0.2) is 5.13 Å². The van der Waals surface area contributed by atoms with E-state index < -0.39 is 0 Å². The zero-order valence-corrected chi connectivity index (χ0v) is 15.7. The number of hydrogen-bond acceptors (Lipinski definition) is 3. The number of thiazole rings is 1. The number of nitrogens with one attached hydrogen (secondary N) is 1. The molecule has 1 aromatic heterocycles. The van der Waals surface area contributed by atoms with Gasteiger partial charge in [-0.3, -0.25) is 0 Å². The number of benzene rings is 2. The Bertz CT molecular complexity index is 877. The number of hydrogen-bond donors (Lipinski definition) is 1. The number of halogens is 4. The van der Waals surface area contributed by atoms with Crippen LogP contribution in [0.4, 0.5) is 10.8 Å². The Labute approximate surface area is 158 Å². The summed E-state index contributed by atoms with van der Waals surface area (Å²) >= 11 is 25.8. The van der Waals surface area contributed by atoms with E-state index in [4.69, 9.17) is 46.4 Å². The van der Waals surface area contributed by atoms with E-state index in [9.17, 15) is 0 Å². The molecular formula is C16H10Cl4N2S. The van der Waals surface area contributed by atoms with Gasteiger partial charge in [-0.15, -0.1) is 11.3 Å². The molecule has 0 unspecified atom stereocenters. The van der Waals surface area contributed by atoms with Crippen LogP contribution < -0.4 is 5.32 Å². The van der Waals surface area contributed by atoms with Crippen LogP contribution in [0.3, 0.4) is 0 Å². The molecule has 1 N–H and O–H groups in total. The van der Waals surface area contributed by atoms with Crippen LogP contribution in [0.15, 0.2) is 36.4 Å². The van der Waals surface area contributed by atoms with Crippen LogP contribution in [0.1, 0.15) is 4.88 Å². The predicted molar refractivity (Wildman–Crippen MR) is 102 cm³/mol. The lowest BCUT2D eigenvalue weighted by Crippen LogP contribution is -1.91. The van der Waals surface area contributed by atoms with Gasteiger partial charge in [0.1, 0.15) is 0 Å². The monoisotopic (exact) mass is 402 g/mol. The first-order valence-electron chi connectivity index (χ1n) is 6.59. The fourth-order valence-electron chi connectivity index (χ4n) is 2.08. The van der Waals surface area contributed by atoms with Gasteiger partial charge in [-0.05, 0) is 31.2 Å². The Hall–Kier alpha value is -0.970. The van der Waals surface area contributed by atoms with Crippen molar-refractivity contribution in [3.8, 4) is 11.3 Å². The van der Waals surface area contributed by atoms with E-state index in [0.717, 1.165) is 21.3 Å². The van der Waals surface area contributed by atoms with E-state index in [1.54, 1.807) is 12.1 Å². The van der Waals surface area contributed by atoms with Crippen LogP contribution in [0.2, 0.25) is 20.1 Å². The van der Waals surface area contributed by atoms with E-state index in [1.807, 2.05) is 31.2 Å². The average Bonchev–Trinajstić information content (AvgIpc) is 2.87. The van der Waals surface area contributed by atoms with Crippen molar-refractivity contribution in [1.29, 1.82) is 0 Å². The molecule has 0 saturated heterocycles. The summed E-state index contributed by atoms with van der Waals surface area (Å²) in [6, 6.07) is 10.9. The Morgan fingerprint density at radius 2 is 1.74 bits per heavy atom. The maximum atomic E-state index is 6.20. The van der Waals surface area contributed by atoms with Crippen LogP contribution in [-0.2, 0) is 0 Å². The first-order valence-corrected chi connectivity index (χ1v) is 8.92. The highest BCUT2D eigenvalue weighted by atomic mass is 35.5. The summed E-state index contributed by atoms with van der Waals surface area (Å²) in [6.07, 6.45) is 0. The lowest BCUT2D eigenvalue weighted by Gasteiger charge is -2.06. The van der Waals surface area contributed by atoms with E-state index in [-0.39, 0.29) is 0 Å². The van der Waals surface area contributed by atoms with Crippen molar-refractivity contribution < 1.29 is 0 Å². The highest BCUT2D eigenvalue weighted by Crippen LogP contribution is 2.37. The first kappa shape index (κ1) is 16.9. The van der Waals surface area contributed by atoms with Crippen LogP contribution in [-0.4, -0.2) is 4.98 Å². The second-order valence-corrected chi connectivity index (χ2v) is 7.58. The van der Waals surface area contributed by atoms with Gasteiger partial charge in [0.25, 0.3) is 0 Å². The third kappa shape index (κ3) is 3.59. The molecule has 0 saturated carbocycles. The van der Waals surface area contributed by atoms with Gasteiger partial charge < -0.3 is 5.32 Å². The number of anilines is 2. The van der Waals surface area contributed by atoms with Crippen LogP contribution in [0.5, 0.6) is 0 Å². The minimum absolute atomic E-state index is 0.470. The van der Waals surface area contributed by atoms with Crippen molar-refractivity contribution in [2.24, 2.45) is 0 Å². The van der Waals surface area contributed by atoms with Gasteiger partial charge in [-0.2, -0.15) is 0 Å². The first-order chi connectivity index (χ1) is 11.0. The van der Waals surface area contributed by atoms with Gasteiger partial charge >= 0.3 is 0 Å². The SMILES string of the molecule is Cc1sc(Nc2cccc(Cl)c2Cl)nc1-c1ccc(Cl)c(Cl)c1. The van der Waals surface area contributed by atoms with E-state index >= 15 is 0 Å². The third-order valence-corrected chi connectivity index (χ3v) is 5.63. The molecule has 0 spiro atoms. The molecule has 118 valence electrons. The lowest BCUT2D eigenvalue weighted by molar-refractivity contribution is 1.36. The summed E-state index contributed by atoms with van der Waals surface area (Å²) in [5, 5.41) is 5.92. The summed E-state index contributed by atoms with van der Waals surface area (Å²) in [6.45, 7) is 2.00. The summed E-state index contributed by atoms with van der Waals surface area (Å²) in [4.78, 5) is 5.68. The number of rotatable bonds is 3. The highest BCUT2D eigenvalue weighted by molar-refractivity contribution is 7.16. The number of nitrogens with zero attached hydrogens (tertiary/aromatic N) is 1. The molecule has 0 bridgehead atoms. The van der Waals surface area contributed by atoms with E-state index in [2.05, 4.69) is 10.3 Å². The van der Waals surface area contributed by atoms with Crippen molar-refractivity contribution >= 4 is 68.6 Å². The van der Waals surface area contributed by atoms with Crippen LogP contribution >= 0.6 is 57.7 Å². The molecule has 3 aromatic rings. The fourth-order valence-corrected chi connectivity index (χ4v) is 3.57. The lowest BCUT2D eigenvalue weighted by atomic mass is 10.1. The minimum atomic E-state index is 0.470.